The van der Waals surface area contributed by atoms with Gasteiger partial charge in [0.2, 0.25) is 0 Å². The highest BCUT2D eigenvalue weighted by Crippen LogP contribution is 2.16. The number of halogens is 1. The van der Waals surface area contributed by atoms with Crippen LogP contribution in [0.5, 0.6) is 0 Å². The van der Waals surface area contributed by atoms with E-state index in [1.54, 1.807) is 48.5 Å². The topological polar surface area (TPSA) is 90.2 Å². The highest BCUT2D eigenvalue weighted by atomic mass is 79.9. The summed E-state index contributed by atoms with van der Waals surface area (Å²) in [5.41, 5.74) is 1.60. The van der Waals surface area contributed by atoms with Crippen LogP contribution in [0.1, 0.15) is 21.5 Å². The van der Waals surface area contributed by atoms with Gasteiger partial charge < -0.3 is 10.4 Å². The maximum atomic E-state index is 12.2. The largest absolute Gasteiger partial charge is 0.480 e. The van der Waals surface area contributed by atoms with Crippen molar-refractivity contribution in [2.45, 2.75) is 12.5 Å². The Bertz CT molecular complexity index is 766. The van der Waals surface area contributed by atoms with Crippen LogP contribution in [0.3, 0.4) is 0 Å². The predicted molar refractivity (Wildman–Crippen MR) is 87.9 cm³/mol. The van der Waals surface area contributed by atoms with Crippen molar-refractivity contribution in [3.63, 3.8) is 0 Å². The van der Waals surface area contributed by atoms with Gasteiger partial charge in [-0.05, 0) is 45.8 Å². The summed E-state index contributed by atoms with van der Waals surface area (Å²) in [5.74, 6) is -1.58. The van der Waals surface area contributed by atoms with E-state index in [1.807, 2.05) is 6.07 Å². The van der Waals surface area contributed by atoms with Gasteiger partial charge in [0.1, 0.15) is 6.04 Å². The summed E-state index contributed by atoms with van der Waals surface area (Å²) in [6.07, 6.45) is 0.136. The van der Waals surface area contributed by atoms with E-state index in [2.05, 4.69) is 21.2 Å². The second-order valence-electron chi connectivity index (χ2n) is 4.86. The van der Waals surface area contributed by atoms with E-state index < -0.39 is 17.9 Å². The quantitative estimate of drug-likeness (QED) is 0.843. The van der Waals surface area contributed by atoms with Gasteiger partial charge in [-0.1, -0.05) is 24.3 Å². The standard InChI is InChI=1S/C17H13BrN2O3/c18-14-4-2-1-3-13(14)16(21)20-15(17(22)23)9-11-5-7-12(10-19)8-6-11/h1-8,15H,9H2,(H,20,21)(H,22,23)/t15-/m0/s1. The molecule has 0 saturated carbocycles. The molecule has 6 heteroatoms. The van der Waals surface area contributed by atoms with Gasteiger partial charge in [-0.2, -0.15) is 5.26 Å². The van der Waals surface area contributed by atoms with Crippen molar-refractivity contribution in [1.29, 1.82) is 5.26 Å². The summed E-state index contributed by atoms with van der Waals surface area (Å²) in [4.78, 5) is 23.6. The van der Waals surface area contributed by atoms with Crippen molar-refractivity contribution in [3.05, 3.63) is 69.7 Å². The summed E-state index contributed by atoms with van der Waals surface area (Å²) in [6.45, 7) is 0. The molecule has 0 aliphatic carbocycles. The smallest absolute Gasteiger partial charge is 0.326 e. The van der Waals surface area contributed by atoms with Gasteiger partial charge in [-0.3, -0.25) is 4.79 Å². The monoisotopic (exact) mass is 372 g/mol. The Hall–Kier alpha value is -2.65. The fourth-order valence-corrected chi connectivity index (χ4v) is 2.50. The lowest BCUT2D eigenvalue weighted by Gasteiger charge is -2.15. The van der Waals surface area contributed by atoms with Crippen LogP contribution in [0.4, 0.5) is 0 Å². The van der Waals surface area contributed by atoms with Crippen LogP contribution in [0.2, 0.25) is 0 Å². The van der Waals surface area contributed by atoms with E-state index >= 15 is 0 Å². The number of nitrogens with zero attached hydrogens (tertiary/aromatic N) is 1. The highest BCUT2D eigenvalue weighted by Gasteiger charge is 2.22. The maximum absolute atomic E-state index is 12.2. The van der Waals surface area contributed by atoms with Crippen molar-refractivity contribution in [2.75, 3.05) is 0 Å². The van der Waals surface area contributed by atoms with Gasteiger partial charge in [0, 0.05) is 10.9 Å². The normalized spacial score (nSPS) is 11.3. The molecule has 0 fully saturated rings. The minimum Gasteiger partial charge on any atom is -0.480 e. The number of benzene rings is 2. The Morgan fingerprint density at radius 2 is 1.83 bits per heavy atom. The zero-order chi connectivity index (χ0) is 16.8. The minimum absolute atomic E-state index is 0.136. The Morgan fingerprint density at radius 1 is 1.17 bits per heavy atom. The van der Waals surface area contributed by atoms with E-state index in [-0.39, 0.29) is 6.42 Å². The van der Waals surface area contributed by atoms with Gasteiger partial charge in [-0.15, -0.1) is 0 Å². The first kappa shape index (κ1) is 16.7. The van der Waals surface area contributed by atoms with Crippen LogP contribution < -0.4 is 5.32 Å². The fraction of sp³-hybridized carbons (Fsp3) is 0.118. The van der Waals surface area contributed by atoms with Gasteiger partial charge in [0.25, 0.3) is 5.91 Å². The van der Waals surface area contributed by atoms with E-state index in [9.17, 15) is 14.7 Å². The molecule has 0 heterocycles. The molecular formula is C17H13BrN2O3. The molecule has 2 rings (SSSR count). The van der Waals surface area contributed by atoms with Crippen LogP contribution >= 0.6 is 15.9 Å². The zero-order valence-corrected chi connectivity index (χ0v) is 13.6. The number of carbonyl (C=O) groups excluding carboxylic acids is 1. The van der Waals surface area contributed by atoms with Crippen LogP contribution in [0.25, 0.3) is 0 Å². The summed E-state index contributed by atoms with van der Waals surface area (Å²) >= 11 is 3.27. The van der Waals surface area contributed by atoms with Crippen LogP contribution in [0, 0.1) is 11.3 Å². The molecule has 5 nitrogen and oxygen atoms in total. The molecule has 0 bridgehead atoms. The van der Waals surface area contributed by atoms with Gasteiger partial charge in [0.15, 0.2) is 0 Å². The first-order chi connectivity index (χ1) is 11.0. The summed E-state index contributed by atoms with van der Waals surface area (Å²) in [7, 11) is 0. The molecule has 1 amide bonds. The molecule has 2 aromatic carbocycles. The third-order valence-electron chi connectivity index (χ3n) is 3.24. The number of hydrogen-bond donors (Lipinski definition) is 2. The molecular weight excluding hydrogens is 360 g/mol. The van der Waals surface area contributed by atoms with E-state index in [0.29, 0.717) is 15.6 Å². The van der Waals surface area contributed by atoms with Gasteiger partial charge in [0.05, 0.1) is 17.2 Å². The summed E-state index contributed by atoms with van der Waals surface area (Å²) < 4.78 is 0.597. The van der Waals surface area contributed by atoms with Crippen LogP contribution in [-0.2, 0) is 11.2 Å². The number of carboxylic acid groups (broad SMARTS) is 1. The molecule has 2 N–H and O–H groups in total. The summed E-state index contributed by atoms with van der Waals surface area (Å²) in [5, 5.41) is 20.6. The second kappa shape index (κ2) is 7.56. The van der Waals surface area contributed by atoms with Gasteiger partial charge >= 0.3 is 5.97 Å². The van der Waals surface area contributed by atoms with E-state index in [1.165, 1.54) is 0 Å². The molecule has 116 valence electrons. The number of carboxylic acids is 1. The van der Waals surface area contributed by atoms with Crippen molar-refractivity contribution < 1.29 is 14.7 Å². The SMILES string of the molecule is N#Cc1ccc(C[C@H](NC(=O)c2ccccc2Br)C(=O)O)cc1. The van der Waals surface area contributed by atoms with E-state index in [0.717, 1.165) is 5.56 Å². The van der Waals surface area contributed by atoms with Gasteiger partial charge in [-0.25, -0.2) is 4.79 Å². The lowest BCUT2D eigenvalue weighted by molar-refractivity contribution is -0.139. The third kappa shape index (κ3) is 4.41. The molecule has 1 atom stereocenters. The zero-order valence-electron chi connectivity index (χ0n) is 12.0. The first-order valence-electron chi connectivity index (χ1n) is 6.78. The third-order valence-corrected chi connectivity index (χ3v) is 3.94. The van der Waals surface area contributed by atoms with E-state index in [4.69, 9.17) is 5.26 Å². The Labute approximate surface area is 141 Å². The fourth-order valence-electron chi connectivity index (χ4n) is 2.03. The number of nitrogens with one attached hydrogen (secondary N) is 1. The first-order valence-corrected chi connectivity index (χ1v) is 7.58. The number of aliphatic carboxylic acids is 1. The molecule has 2 aromatic rings. The molecule has 0 aliphatic rings. The van der Waals surface area contributed by atoms with Crippen LogP contribution in [0.15, 0.2) is 53.0 Å². The highest BCUT2D eigenvalue weighted by molar-refractivity contribution is 9.10. The molecule has 0 spiro atoms. The molecule has 0 aliphatic heterocycles. The number of nitriles is 1. The lowest BCUT2D eigenvalue weighted by atomic mass is 10.0. The number of hydrogen-bond acceptors (Lipinski definition) is 3. The predicted octanol–water partition coefficient (Wildman–Crippen LogP) is 2.75. The van der Waals surface area contributed by atoms with Crippen molar-refractivity contribution >= 4 is 27.8 Å². The van der Waals surface area contributed by atoms with Crippen molar-refractivity contribution in [2.24, 2.45) is 0 Å². The average molecular weight is 373 g/mol. The summed E-state index contributed by atoms with van der Waals surface area (Å²) in [6, 6.07) is 14.3. The molecule has 23 heavy (non-hydrogen) atoms. The molecule has 0 aromatic heterocycles. The Balaban J connectivity index is 2.12. The maximum Gasteiger partial charge on any atom is 0.326 e. The Morgan fingerprint density at radius 3 is 2.39 bits per heavy atom. The average Bonchev–Trinajstić information content (AvgIpc) is 2.55. The van der Waals surface area contributed by atoms with Crippen molar-refractivity contribution in [3.8, 4) is 6.07 Å². The number of carbonyl (C=O) groups is 2. The number of rotatable bonds is 5. The molecule has 0 radical (unpaired) electrons. The Kier molecular flexibility index (Phi) is 5.50. The lowest BCUT2D eigenvalue weighted by Crippen LogP contribution is -2.42. The number of amides is 1. The van der Waals surface area contributed by atoms with Crippen LogP contribution in [-0.4, -0.2) is 23.0 Å². The minimum atomic E-state index is -1.12. The van der Waals surface area contributed by atoms with Crippen molar-refractivity contribution in [1.82, 2.24) is 5.32 Å². The second-order valence-corrected chi connectivity index (χ2v) is 5.71. The molecule has 0 unspecified atom stereocenters. The molecule has 0 saturated heterocycles.